The molecule has 3 rings (SSSR count). The van der Waals surface area contributed by atoms with Crippen LogP contribution in [0.15, 0.2) is 39.8 Å². The molecule has 1 atom stereocenters. The Bertz CT molecular complexity index is 815. The number of hydrogen-bond acceptors (Lipinski definition) is 7. The fourth-order valence-electron chi connectivity index (χ4n) is 2.99. The predicted octanol–water partition coefficient (Wildman–Crippen LogP) is 0.580. The Hall–Kier alpha value is -2.71. The largest absolute Gasteiger partial charge is 0.502 e. The van der Waals surface area contributed by atoms with Gasteiger partial charge in [0.15, 0.2) is 5.76 Å². The van der Waals surface area contributed by atoms with Crippen molar-refractivity contribution in [2.45, 2.75) is 18.9 Å². The van der Waals surface area contributed by atoms with Gasteiger partial charge in [-0.1, -0.05) is 6.07 Å². The smallest absolute Gasteiger partial charge is 0.227 e. The third-order valence-electron chi connectivity index (χ3n) is 4.29. The van der Waals surface area contributed by atoms with Crippen LogP contribution >= 0.6 is 0 Å². The first-order valence-corrected chi connectivity index (χ1v) is 8.39. The number of rotatable bonds is 6. The summed E-state index contributed by atoms with van der Waals surface area (Å²) in [6, 6.07) is 4.73. The molecule has 3 N–H and O–H groups in total. The zero-order valence-electron chi connectivity index (χ0n) is 14.3. The maximum absolute atomic E-state index is 12.2. The standard InChI is InChI=1S/C18H21N3O5/c19-16(23)9-14(12-2-1-3-20-10-12)18-17(24)15(22)8-13(26-18)11-21-4-6-25-7-5-21/h1-3,8,10,14,24H,4-7,9,11H2,(H2,19,23)/t14-/m0/s1. The quantitative estimate of drug-likeness (QED) is 0.774. The second-order valence-corrected chi connectivity index (χ2v) is 6.19. The molecule has 2 aromatic rings. The Kier molecular flexibility index (Phi) is 5.65. The third kappa shape index (κ3) is 4.27. The van der Waals surface area contributed by atoms with E-state index in [0.717, 1.165) is 13.1 Å². The molecule has 0 aliphatic carbocycles. The number of amides is 1. The summed E-state index contributed by atoms with van der Waals surface area (Å²) >= 11 is 0. The van der Waals surface area contributed by atoms with Crippen LogP contribution in [0.1, 0.15) is 29.4 Å². The number of pyridine rings is 1. The van der Waals surface area contributed by atoms with Crippen LogP contribution in [0.5, 0.6) is 5.75 Å². The lowest BCUT2D eigenvalue weighted by Gasteiger charge is -2.26. The number of aromatic nitrogens is 1. The van der Waals surface area contributed by atoms with Gasteiger partial charge in [0.2, 0.25) is 17.1 Å². The Morgan fingerprint density at radius 3 is 2.81 bits per heavy atom. The van der Waals surface area contributed by atoms with Gasteiger partial charge in [0.05, 0.1) is 25.7 Å². The van der Waals surface area contributed by atoms with E-state index in [4.69, 9.17) is 14.9 Å². The minimum atomic E-state index is -0.682. The van der Waals surface area contributed by atoms with Gasteiger partial charge in [0, 0.05) is 38.0 Å². The number of aromatic hydroxyl groups is 1. The van der Waals surface area contributed by atoms with Crippen molar-refractivity contribution >= 4 is 5.91 Å². The molecular formula is C18H21N3O5. The van der Waals surface area contributed by atoms with E-state index in [0.29, 0.717) is 31.1 Å². The molecule has 138 valence electrons. The summed E-state index contributed by atoms with van der Waals surface area (Å²) in [5, 5.41) is 10.3. The number of hydrogen-bond donors (Lipinski definition) is 2. The topological polar surface area (TPSA) is 119 Å². The molecule has 0 saturated carbocycles. The number of carbonyl (C=O) groups is 1. The van der Waals surface area contributed by atoms with E-state index in [2.05, 4.69) is 9.88 Å². The van der Waals surface area contributed by atoms with Crippen molar-refractivity contribution in [2.24, 2.45) is 5.73 Å². The lowest BCUT2D eigenvalue weighted by Crippen LogP contribution is -2.35. The summed E-state index contributed by atoms with van der Waals surface area (Å²) < 4.78 is 11.2. The predicted molar refractivity (Wildman–Crippen MR) is 92.6 cm³/mol. The highest BCUT2D eigenvalue weighted by Crippen LogP contribution is 2.32. The van der Waals surface area contributed by atoms with E-state index < -0.39 is 23.0 Å². The van der Waals surface area contributed by atoms with Crippen LogP contribution in [0.3, 0.4) is 0 Å². The fourth-order valence-corrected chi connectivity index (χ4v) is 2.99. The number of nitrogens with zero attached hydrogens (tertiary/aromatic N) is 2. The molecule has 1 fully saturated rings. The van der Waals surface area contributed by atoms with Crippen molar-refractivity contribution in [1.29, 1.82) is 0 Å². The maximum atomic E-state index is 12.2. The normalized spacial score (nSPS) is 16.3. The van der Waals surface area contributed by atoms with Crippen LogP contribution in [0, 0.1) is 0 Å². The van der Waals surface area contributed by atoms with Crippen molar-refractivity contribution in [1.82, 2.24) is 9.88 Å². The molecular weight excluding hydrogens is 338 g/mol. The van der Waals surface area contributed by atoms with E-state index in [9.17, 15) is 14.7 Å². The Morgan fingerprint density at radius 2 is 2.15 bits per heavy atom. The highest BCUT2D eigenvalue weighted by molar-refractivity contribution is 5.75. The zero-order valence-corrected chi connectivity index (χ0v) is 14.3. The number of nitrogens with two attached hydrogens (primary N) is 1. The molecule has 1 amide bonds. The molecule has 0 spiro atoms. The van der Waals surface area contributed by atoms with Gasteiger partial charge in [-0.15, -0.1) is 0 Å². The molecule has 3 heterocycles. The Balaban J connectivity index is 1.97. The zero-order chi connectivity index (χ0) is 18.5. The number of carbonyl (C=O) groups excluding carboxylic acids is 1. The number of morpholine rings is 1. The summed E-state index contributed by atoms with van der Waals surface area (Å²) in [4.78, 5) is 29.9. The van der Waals surface area contributed by atoms with Crippen LogP contribution in [-0.4, -0.2) is 47.2 Å². The maximum Gasteiger partial charge on any atom is 0.227 e. The SMILES string of the molecule is NC(=O)C[C@@H](c1cccnc1)c1oc(CN2CCOCC2)cc(=O)c1O. The van der Waals surface area contributed by atoms with Crippen LogP contribution in [0.2, 0.25) is 0 Å². The van der Waals surface area contributed by atoms with E-state index >= 15 is 0 Å². The summed E-state index contributed by atoms with van der Waals surface area (Å²) in [5.74, 6) is -1.31. The summed E-state index contributed by atoms with van der Waals surface area (Å²) in [7, 11) is 0. The molecule has 0 unspecified atom stereocenters. The molecule has 2 aromatic heterocycles. The first kappa shape index (κ1) is 18.1. The molecule has 26 heavy (non-hydrogen) atoms. The summed E-state index contributed by atoms with van der Waals surface area (Å²) in [6.07, 6.45) is 3.04. The molecule has 1 saturated heterocycles. The van der Waals surface area contributed by atoms with Crippen LogP contribution < -0.4 is 11.2 Å². The van der Waals surface area contributed by atoms with Gasteiger partial charge in [0.25, 0.3) is 0 Å². The van der Waals surface area contributed by atoms with E-state index in [1.165, 1.54) is 6.07 Å². The average Bonchev–Trinajstić information content (AvgIpc) is 2.64. The van der Waals surface area contributed by atoms with Crippen molar-refractivity contribution in [3.8, 4) is 5.75 Å². The first-order chi connectivity index (χ1) is 12.5. The molecule has 0 radical (unpaired) electrons. The second-order valence-electron chi connectivity index (χ2n) is 6.19. The van der Waals surface area contributed by atoms with E-state index in [1.54, 1.807) is 24.5 Å². The summed E-state index contributed by atoms with van der Waals surface area (Å²) in [6.45, 7) is 3.12. The minimum absolute atomic E-state index is 0.0348. The van der Waals surface area contributed by atoms with Crippen molar-refractivity contribution in [3.63, 3.8) is 0 Å². The van der Waals surface area contributed by atoms with Gasteiger partial charge in [-0.2, -0.15) is 0 Å². The number of ether oxygens (including phenoxy) is 1. The van der Waals surface area contributed by atoms with Crippen LogP contribution in [0.25, 0.3) is 0 Å². The third-order valence-corrected chi connectivity index (χ3v) is 4.29. The molecule has 0 bridgehead atoms. The molecule has 1 aliphatic heterocycles. The Labute approximate surface area is 150 Å². The Morgan fingerprint density at radius 1 is 1.38 bits per heavy atom. The number of primary amides is 1. The van der Waals surface area contributed by atoms with Gasteiger partial charge in [-0.3, -0.25) is 19.5 Å². The minimum Gasteiger partial charge on any atom is -0.502 e. The van der Waals surface area contributed by atoms with Crippen molar-refractivity contribution in [3.05, 3.63) is 57.9 Å². The molecule has 0 aromatic carbocycles. The van der Waals surface area contributed by atoms with E-state index in [-0.39, 0.29) is 12.2 Å². The van der Waals surface area contributed by atoms with Gasteiger partial charge >= 0.3 is 0 Å². The summed E-state index contributed by atoms with van der Waals surface area (Å²) in [5.41, 5.74) is 5.45. The average molecular weight is 359 g/mol. The van der Waals surface area contributed by atoms with Crippen LogP contribution in [0.4, 0.5) is 0 Å². The van der Waals surface area contributed by atoms with Gasteiger partial charge in [-0.05, 0) is 11.6 Å². The lowest BCUT2D eigenvalue weighted by atomic mass is 9.93. The van der Waals surface area contributed by atoms with Gasteiger partial charge in [-0.25, -0.2) is 0 Å². The van der Waals surface area contributed by atoms with Gasteiger partial charge in [0.1, 0.15) is 5.76 Å². The molecule has 1 aliphatic rings. The monoisotopic (exact) mass is 359 g/mol. The second kappa shape index (κ2) is 8.11. The fraction of sp³-hybridized carbons (Fsp3) is 0.389. The van der Waals surface area contributed by atoms with Crippen molar-refractivity contribution < 1.29 is 19.1 Å². The van der Waals surface area contributed by atoms with Crippen molar-refractivity contribution in [2.75, 3.05) is 26.3 Å². The molecule has 8 heteroatoms. The highest BCUT2D eigenvalue weighted by Gasteiger charge is 2.26. The van der Waals surface area contributed by atoms with Crippen LogP contribution in [-0.2, 0) is 16.1 Å². The van der Waals surface area contributed by atoms with E-state index in [1.807, 2.05) is 0 Å². The highest BCUT2D eigenvalue weighted by atomic mass is 16.5. The first-order valence-electron chi connectivity index (χ1n) is 8.39. The van der Waals surface area contributed by atoms with Gasteiger partial charge < -0.3 is 20.0 Å². The molecule has 8 nitrogen and oxygen atoms in total. The lowest BCUT2D eigenvalue weighted by molar-refractivity contribution is -0.118.